The van der Waals surface area contributed by atoms with E-state index >= 15 is 0 Å². The van der Waals surface area contributed by atoms with Gasteiger partial charge < -0.3 is 4.74 Å². The van der Waals surface area contributed by atoms with E-state index in [1.165, 1.54) is 6.07 Å². The van der Waals surface area contributed by atoms with E-state index in [0.29, 0.717) is 11.3 Å². The zero-order valence-corrected chi connectivity index (χ0v) is 11.8. The molecule has 0 radical (unpaired) electrons. The maximum absolute atomic E-state index is 13.5. The fourth-order valence-corrected chi connectivity index (χ4v) is 1.90. The van der Waals surface area contributed by atoms with E-state index in [-0.39, 0.29) is 18.5 Å². The topological polar surface area (TPSA) is 27.1 Å². The van der Waals surface area contributed by atoms with E-state index in [1.807, 2.05) is 13.8 Å². The van der Waals surface area contributed by atoms with Crippen LogP contribution in [0.5, 0.6) is 5.75 Å². The molecule has 1 aromatic carbocycles. The van der Waals surface area contributed by atoms with Crippen molar-refractivity contribution in [3.63, 3.8) is 0 Å². The van der Waals surface area contributed by atoms with Crippen LogP contribution in [0, 0.1) is 5.82 Å². The molecule has 0 aliphatic carbocycles. The zero-order valence-electron chi connectivity index (χ0n) is 10.2. The van der Waals surface area contributed by atoms with Gasteiger partial charge in [-0.05, 0) is 32.0 Å². The van der Waals surface area contributed by atoms with Crippen LogP contribution in [0.3, 0.4) is 0 Å². The number of aromatic nitrogens is 2. The van der Waals surface area contributed by atoms with Crippen LogP contribution in [-0.4, -0.2) is 9.78 Å². The van der Waals surface area contributed by atoms with Crippen molar-refractivity contribution in [3.8, 4) is 5.75 Å². The molecule has 0 amide bonds. The Labute approximate surface area is 114 Å². The second-order valence-corrected chi connectivity index (χ2v) is 5.19. The Kier molecular flexibility index (Phi) is 4.01. The molecule has 0 fully saturated rings. The van der Waals surface area contributed by atoms with E-state index in [4.69, 9.17) is 4.74 Å². The van der Waals surface area contributed by atoms with Crippen molar-refractivity contribution in [2.75, 3.05) is 0 Å². The third-order valence-electron chi connectivity index (χ3n) is 2.51. The van der Waals surface area contributed by atoms with Gasteiger partial charge in [-0.3, -0.25) is 4.68 Å². The molecule has 2 rings (SSSR count). The molecule has 0 saturated carbocycles. The lowest BCUT2D eigenvalue weighted by Crippen LogP contribution is -2.00. The van der Waals surface area contributed by atoms with Crippen LogP contribution in [0.1, 0.15) is 25.5 Å². The molecule has 1 aromatic heterocycles. The molecule has 0 unspecified atom stereocenters. The summed E-state index contributed by atoms with van der Waals surface area (Å²) in [6.45, 7) is 4.25. The van der Waals surface area contributed by atoms with Gasteiger partial charge in [0.1, 0.15) is 12.4 Å². The van der Waals surface area contributed by atoms with Gasteiger partial charge in [-0.2, -0.15) is 5.10 Å². The van der Waals surface area contributed by atoms with Crippen molar-refractivity contribution >= 4 is 15.9 Å². The Morgan fingerprint density at radius 2 is 2.22 bits per heavy atom. The van der Waals surface area contributed by atoms with E-state index in [2.05, 4.69) is 21.0 Å². The fourth-order valence-electron chi connectivity index (χ4n) is 1.49. The largest absolute Gasteiger partial charge is 0.486 e. The highest BCUT2D eigenvalue weighted by atomic mass is 79.9. The van der Waals surface area contributed by atoms with Gasteiger partial charge in [0.15, 0.2) is 5.75 Å². The number of nitrogens with zero attached hydrogens (tertiary/aromatic N) is 2. The molecule has 1 heterocycles. The summed E-state index contributed by atoms with van der Waals surface area (Å²) >= 11 is 3.31. The lowest BCUT2D eigenvalue weighted by atomic mass is 10.2. The summed E-state index contributed by atoms with van der Waals surface area (Å²) in [6, 6.07) is 5.07. The maximum atomic E-state index is 13.5. The van der Waals surface area contributed by atoms with Crippen molar-refractivity contribution in [2.24, 2.45) is 0 Å². The smallest absolute Gasteiger partial charge is 0.157 e. The maximum Gasteiger partial charge on any atom is 0.157 e. The third kappa shape index (κ3) is 3.10. The average Bonchev–Trinajstić information content (AvgIpc) is 2.79. The molecule has 0 aliphatic heterocycles. The van der Waals surface area contributed by atoms with E-state index < -0.39 is 0 Å². The van der Waals surface area contributed by atoms with Gasteiger partial charge in [0, 0.05) is 16.1 Å². The lowest BCUT2D eigenvalue weighted by Gasteiger charge is -2.06. The minimum Gasteiger partial charge on any atom is -0.486 e. The molecule has 0 bridgehead atoms. The monoisotopic (exact) mass is 312 g/mol. The molecule has 3 nitrogen and oxygen atoms in total. The van der Waals surface area contributed by atoms with Gasteiger partial charge in [-0.15, -0.1) is 0 Å². The molecule has 0 N–H and O–H groups in total. The molecule has 5 heteroatoms. The highest BCUT2D eigenvalue weighted by molar-refractivity contribution is 9.10. The van der Waals surface area contributed by atoms with Crippen LogP contribution in [-0.2, 0) is 6.61 Å². The molecule has 18 heavy (non-hydrogen) atoms. The average molecular weight is 313 g/mol. The van der Waals surface area contributed by atoms with Crippen LogP contribution in [0.2, 0.25) is 0 Å². The predicted molar refractivity (Wildman–Crippen MR) is 71.0 cm³/mol. The summed E-state index contributed by atoms with van der Waals surface area (Å²) in [4.78, 5) is 0. The summed E-state index contributed by atoms with van der Waals surface area (Å²) in [5, 5.41) is 4.16. The van der Waals surface area contributed by atoms with Crippen molar-refractivity contribution in [3.05, 3.63) is 46.4 Å². The predicted octanol–water partition coefficient (Wildman–Crippen LogP) is 3.94. The number of halogens is 2. The molecular weight excluding hydrogens is 299 g/mol. The zero-order chi connectivity index (χ0) is 13.1. The standard InChI is InChI=1S/C13H14BrFN2O/c1-9(2)17-7-12(6-16-17)18-8-10-5-11(14)3-4-13(10)15/h3-7,9H,8H2,1-2H3. The Bertz CT molecular complexity index is 540. The number of hydrogen-bond acceptors (Lipinski definition) is 2. The summed E-state index contributed by atoms with van der Waals surface area (Å²) in [7, 11) is 0. The number of rotatable bonds is 4. The second kappa shape index (κ2) is 5.52. The highest BCUT2D eigenvalue weighted by Crippen LogP contribution is 2.18. The highest BCUT2D eigenvalue weighted by Gasteiger charge is 2.06. The molecular formula is C13H14BrFN2O. The van der Waals surface area contributed by atoms with Gasteiger partial charge in [-0.25, -0.2) is 4.39 Å². The molecule has 0 aliphatic rings. The first-order valence-corrected chi connectivity index (χ1v) is 6.46. The van der Waals surface area contributed by atoms with Gasteiger partial charge in [0.2, 0.25) is 0 Å². The lowest BCUT2D eigenvalue weighted by molar-refractivity contribution is 0.299. The first kappa shape index (κ1) is 13.1. The first-order chi connectivity index (χ1) is 8.56. The van der Waals surface area contributed by atoms with Crippen LogP contribution < -0.4 is 4.74 Å². The van der Waals surface area contributed by atoms with Gasteiger partial charge in [0.25, 0.3) is 0 Å². The fraction of sp³-hybridized carbons (Fsp3) is 0.308. The van der Waals surface area contributed by atoms with Gasteiger partial charge in [-0.1, -0.05) is 15.9 Å². The van der Waals surface area contributed by atoms with Crippen molar-refractivity contribution in [1.29, 1.82) is 0 Å². The molecule has 96 valence electrons. The minimum atomic E-state index is -0.269. The number of hydrogen-bond donors (Lipinski definition) is 0. The Balaban J connectivity index is 2.04. The summed E-state index contributed by atoms with van der Waals surface area (Å²) in [6.07, 6.45) is 3.44. The Morgan fingerprint density at radius 1 is 1.44 bits per heavy atom. The van der Waals surface area contributed by atoms with Crippen LogP contribution in [0.4, 0.5) is 4.39 Å². The molecule has 2 aromatic rings. The van der Waals surface area contributed by atoms with Crippen LogP contribution in [0.25, 0.3) is 0 Å². The van der Waals surface area contributed by atoms with E-state index in [0.717, 1.165) is 4.47 Å². The quantitative estimate of drug-likeness (QED) is 0.855. The van der Waals surface area contributed by atoms with Gasteiger partial charge in [0.05, 0.1) is 12.4 Å². The van der Waals surface area contributed by atoms with Crippen LogP contribution in [0.15, 0.2) is 35.1 Å². The van der Waals surface area contributed by atoms with E-state index in [9.17, 15) is 4.39 Å². The summed E-state index contributed by atoms with van der Waals surface area (Å²) < 4.78 is 21.6. The third-order valence-corrected chi connectivity index (χ3v) is 3.00. The SMILES string of the molecule is CC(C)n1cc(OCc2cc(Br)ccc2F)cn1. The number of benzene rings is 1. The summed E-state index contributed by atoms with van der Waals surface area (Å²) in [5.41, 5.74) is 0.515. The van der Waals surface area contributed by atoms with Gasteiger partial charge >= 0.3 is 0 Å². The molecule has 0 spiro atoms. The van der Waals surface area contributed by atoms with Crippen molar-refractivity contribution < 1.29 is 9.13 Å². The van der Waals surface area contributed by atoms with Crippen LogP contribution >= 0.6 is 15.9 Å². The van der Waals surface area contributed by atoms with E-state index in [1.54, 1.807) is 29.2 Å². The Morgan fingerprint density at radius 3 is 2.89 bits per heavy atom. The number of ether oxygens (including phenoxy) is 1. The van der Waals surface area contributed by atoms with Crippen molar-refractivity contribution in [1.82, 2.24) is 9.78 Å². The first-order valence-electron chi connectivity index (χ1n) is 5.67. The van der Waals surface area contributed by atoms with Crippen molar-refractivity contribution in [2.45, 2.75) is 26.5 Å². The molecule has 0 atom stereocenters. The normalized spacial score (nSPS) is 10.9. The molecule has 0 saturated heterocycles. The second-order valence-electron chi connectivity index (χ2n) is 4.27. The summed E-state index contributed by atoms with van der Waals surface area (Å²) in [5.74, 6) is 0.373. The minimum absolute atomic E-state index is 0.190. The Hall–Kier alpha value is -1.36.